The number of nitrogens with zero attached hydrogens (tertiary/aromatic N) is 3. The molecule has 2 rings (SSSR count). The molecule has 0 radical (unpaired) electrons. The second-order valence-electron chi connectivity index (χ2n) is 5.00. The lowest BCUT2D eigenvalue weighted by Gasteiger charge is -2.28. The summed E-state index contributed by atoms with van der Waals surface area (Å²) >= 11 is 0. The lowest BCUT2D eigenvalue weighted by molar-refractivity contribution is -0.383. The van der Waals surface area contributed by atoms with Gasteiger partial charge in [-0.1, -0.05) is 12.1 Å². The molecule has 1 fully saturated rings. The quantitative estimate of drug-likeness (QED) is 0.672. The number of para-hydroxylation sites is 2. The fourth-order valence-corrected chi connectivity index (χ4v) is 2.35. The average Bonchev–Trinajstić information content (AvgIpc) is 2.48. The first-order valence-corrected chi connectivity index (χ1v) is 6.75. The smallest absolute Gasteiger partial charge is 0.292 e. The van der Waals surface area contributed by atoms with E-state index < -0.39 is 4.92 Å². The van der Waals surface area contributed by atoms with E-state index >= 15 is 0 Å². The molecule has 0 aliphatic carbocycles. The van der Waals surface area contributed by atoms with E-state index in [1.54, 1.807) is 12.1 Å². The number of hydrogen-bond acceptors (Lipinski definition) is 5. The van der Waals surface area contributed by atoms with Crippen molar-refractivity contribution in [3.63, 3.8) is 0 Å². The van der Waals surface area contributed by atoms with Crippen LogP contribution in [0.5, 0.6) is 0 Å². The second kappa shape index (κ2) is 6.81. The number of nitriles is 1. The van der Waals surface area contributed by atoms with Gasteiger partial charge >= 0.3 is 0 Å². The van der Waals surface area contributed by atoms with E-state index in [0.29, 0.717) is 13.1 Å². The van der Waals surface area contributed by atoms with Gasteiger partial charge in [0.05, 0.1) is 17.5 Å². The summed E-state index contributed by atoms with van der Waals surface area (Å²) in [5, 5.41) is 22.3. The van der Waals surface area contributed by atoms with Crippen LogP contribution in [0.3, 0.4) is 0 Å². The Bertz CT molecular complexity index is 574. The molecule has 1 aliphatic heterocycles. The number of amides is 1. The van der Waals surface area contributed by atoms with Crippen molar-refractivity contribution in [2.75, 3.05) is 25.0 Å². The van der Waals surface area contributed by atoms with E-state index in [-0.39, 0.29) is 29.7 Å². The Labute approximate surface area is 122 Å². The van der Waals surface area contributed by atoms with E-state index in [2.05, 4.69) is 11.4 Å². The standard InChI is InChI=1S/C14H16N4O3/c15-9-11-5-7-17(8-6-11)10-14(19)16-12-3-1-2-4-13(12)18(20)21/h1-4,11H,5-8,10H2,(H,16,19). The molecule has 1 amide bonds. The predicted molar refractivity (Wildman–Crippen MR) is 76.5 cm³/mol. The van der Waals surface area contributed by atoms with Crippen LogP contribution in [0.1, 0.15) is 12.8 Å². The first-order valence-electron chi connectivity index (χ1n) is 6.75. The van der Waals surface area contributed by atoms with Crippen molar-refractivity contribution in [1.29, 1.82) is 5.26 Å². The van der Waals surface area contributed by atoms with Crippen LogP contribution >= 0.6 is 0 Å². The number of likely N-dealkylation sites (tertiary alicyclic amines) is 1. The summed E-state index contributed by atoms with van der Waals surface area (Å²) in [7, 11) is 0. The van der Waals surface area contributed by atoms with Crippen LogP contribution in [-0.4, -0.2) is 35.4 Å². The molecule has 1 N–H and O–H groups in total. The maximum atomic E-state index is 12.0. The molecule has 7 heteroatoms. The third-order valence-corrected chi connectivity index (χ3v) is 3.51. The fraction of sp³-hybridized carbons (Fsp3) is 0.429. The van der Waals surface area contributed by atoms with Gasteiger partial charge in [-0.05, 0) is 32.0 Å². The van der Waals surface area contributed by atoms with Crippen molar-refractivity contribution in [1.82, 2.24) is 4.90 Å². The van der Waals surface area contributed by atoms with Gasteiger partial charge in [0, 0.05) is 12.0 Å². The van der Waals surface area contributed by atoms with E-state index in [1.807, 2.05) is 4.90 Å². The Kier molecular flexibility index (Phi) is 4.85. The molecule has 0 atom stereocenters. The SMILES string of the molecule is N#CC1CCN(CC(=O)Nc2ccccc2[N+](=O)[O-])CC1. The summed E-state index contributed by atoms with van der Waals surface area (Å²) in [4.78, 5) is 24.3. The highest BCUT2D eigenvalue weighted by Crippen LogP contribution is 2.23. The molecule has 21 heavy (non-hydrogen) atoms. The largest absolute Gasteiger partial charge is 0.319 e. The number of rotatable bonds is 4. The van der Waals surface area contributed by atoms with Crippen LogP contribution in [0, 0.1) is 27.4 Å². The van der Waals surface area contributed by atoms with Gasteiger partial charge in [0.15, 0.2) is 0 Å². The van der Waals surface area contributed by atoms with E-state index in [0.717, 1.165) is 12.8 Å². The van der Waals surface area contributed by atoms with Crippen LogP contribution in [0.15, 0.2) is 24.3 Å². The van der Waals surface area contributed by atoms with Gasteiger partial charge in [0.25, 0.3) is 5.69 Å². The van der Waals surface area contributed by atoms with Crippen LogP contribution < -0.4 is 5.32 Å². The highest BCUT2D eigenvalue weighted by molar-refractivity contribution is 5.94. The Morgan fingerprint density at radius 1 is 1.43 bits per heavy atom. The van der Waals surface area contributed by atoms with Crippen molar-refractivity contribution < 1.29 is 9.72 Å². The predicted octanol–water partition coefficient (Wildman–Crippen LogP) is 1.77. The second-order valence-corrected chi connectivity index (χ2v) is 5.00. The van der Waals surface area contributed by atoms with Gasteiger partial charge in [0.2, 0.25) is 5.91 Å². The monoisotopic (exact) mass is 288 g/mol. The Balaban J connectivity index is 1.91. The highest BCUT2D eigenvalue weighted by Gasteiger charge is 2.21. The van der Waals surface area contributed by atoms with E-state index in [9.17, 15) is 14.9 Å². The Hall–Kier alpha value is -2.46. The maximum absolute atomic E-state index is 12.0. The number of benzene rings is 1. The zero-order valence-corrected chi connectivity index (χ0v) is 11.5. The summed E-state index contributed by atoms with van der Waals surface area (Å²) in [5.41, 5.74) is 0.0912. The molecule has 0 bridgehead atoms. The molecule has 0 saturated carbocycles. The first-order chi connectivity index (χ1) is 10.1. The molecule has 7 nitrogen and oxygen atoms in total. The minimum atomic E-state index is -0.520. The minimum absolute atomic E-state index is 0.0690. The molecular weight excluding hydrogens is 272 g/mol. The topological polar surface area (TPSA) is 99.3 Å². The fourth-order valence-electron chi connectivity index (χ4n) is 2.35. The summed E-state index contributed by atoms with van der Waals surface area (Å²) in [5.74, 6) is -0.209. The molecule has 1 heterocycles. The molecule has 1 aromatic rings. The third-order valence-electron chi connectivity index (χ3n) is 3.51. The molecule has 1 aromatic carbocycles. The van der Waals surface area contributed by atoms with Crippen LogP contribution in [0.25, 0.3) is 0 Å². The Morgan fingerprint density at radius 2 is 2.10 bits per heavy atom. The number of carbonyl (C=O) groups is 1. The van der Waals surface area contributed by atoms with Gasteiger partial charge < -0.3 is 5.32 Å². The minimum Gasteiger partial charge on any atom is -0.319 e. The third kappa shape index (κ3) is 4.00. The zero-order chi connectivity index (χ0) is 15.2. The van der Waals surface area contributed by atoms with Gasteiger partial charge in [-0.25, -0.2) is 0 Å². The number of carbonyl (C=O) groups excluding carboxylic acids is 1. The number of nitro benzene ring substituents is 1. The van der Waals surface area contributed by atoms with Gasteiger partial charge in [-0.3, -0.25) is 19.8 Å². The zero-order valence-electron chi connectivity index (χ0n) is 11.5. The normalized spacial score (nSPS) is 16.1. The first kappa shape index (κ1) is 14.9. The van der Waals surface area contributed by atoms with Gasteiger partial charge in [-0.15, -0.1) is 0 Å². The van der Waals surface area contributed by atoms with Gasteiger partial charge in [-0.2, -0.15) is 5.26 Å². The number of hydrogen-bond donors (Lipinski definition) is 1. The summed E-state index contributed by atoms with van der Waals surface area (Å²) in [6, 6.07) is 8.30. The summed E-state index contributed by atoms with van der Waals surface area (Å²) < 4.78 is 0. The van der Waals surface area contributed by atoms with Crippen molar-refractivity contribution in [2.24, 2.45) is 5.92 Å². The van der Waals surface area contributed by atoms with Crippen LogP contribution in [0.2, 0.25) is 0 Å². The average molecular weight is 288 g/mol. The van der Waals surface area contributed by atoms with Crippen molar-refractivity contribution in [2.45, 2.75) is 12.8 Å². The molecule has 0 unspecified atom stereocenters. The number of nitrogens with one attached hydrogen (secondary N) is 1. The lowest BCUT2D eigenvalue weighted by Crippen LogP contribution is -2.39. The molecule has 0 spiro atoms. The maximum Gasteiger partial charge on any atom is 0.292 e. The molecule has 110 valence electrons. The summed E-state index contributed by atoms with van der Waals surface area (Å²) in [6.45, 7) is 1.58. The van der Waals surface area contributed by atoms with Crippen LogP contribution in [0.4, 0.5) is 11.4 Å². The molecule has 1 saturated heterocycles. The van der Waals surface area contributed by atoms with Crippen molar-refractivity contribution in [3.8, 4) is 6.07 Å². The van der Waals surface area contributed by atoms with Crippen molar-refractivity contribution >= 4 is 17.3 Å². The Morgan fingerprint density at radius 3 is 2.71 bits per heavy atom. The van der Waals surface area contributed by atoms with Crippen LogP contribution in [-0.2, 0) is 4.79 Å². The highest BCUT2D eigenvalue weighted by atomic mass is 16.6. The van der Waals surface area contributed by atoms with Gasteiger partial charge in [0.1, 0.15) is 5.69 Å². The number of anilines is 1. The lowest BCUT2D eigenvalue weighted by atomic mass is 9.99. The van der Waals surface area contributed by atoms with Crippen molar-refractivity contribution in [3.05, 3.63) is 34.4 Å². The van der Waals surface area contributed by atoms with E-state index in [4.69, 9.17) is 5.26 Å². The summed E-state index contributed by atoms with van der Waals surface area (Å²) in [6.07, 6.45) is 1.52. The number of nitro groups is 1. The number of piperidine rings is 1. The molecular formula is C14H16N4O3. The van der Waals surface area contributed by atoms with E-state index in [1.165, 1.54) is 12.1 Å². The molecule has 1 aliphatic rings. The molecule has 0 aromatic heterocycles.